The molecule has 0 spiro atoms. The highest BCUT2D eigenvalue weighted by molar-refractivity contribution is 6.69. The average Bonchev–Trinajstić information content (AvgIpc) is 2.34. The second-order valence-corrected chi connectivity index (χ2v) is 9.81. The highest BCUT2D eigenvalue weighted by atomic mass is 28.4. The minimum absolute atomic E-state index is 0.457. The molecule has 18 heavy (non-hydrogen) atoms. The molecule has 1 atom stereocenters. The van der Waals surface area contributed by atoms with E-state index in [1.54, 1.807) is 0 Å². The van der Waals surface area contributed by atoms with Crippen molar-refractivity contribution in [2.45, 2.75) is 25.7 Å². The average molecular weight is 255 g/mol. The van der Waals surface area contributed by atoms with Crippen LogP contribution in [0.2, 0.25) is 19.6 Å². The molecule has 0 saturated heterocycles. The van der Waals surface area contributed by atoms with Crippen molar-refractivity contribution in [1.29, 1.82) is 5.26 Å². The first-order chi connectivity index (χ1) is 8.49. The fraction of sp³-hybridized carbons (Fsp3) is 0.267. The zero-order valence-electron chi connectivity index (χ0n) is 11.0. The Morgan fingerprint density at radius 1 is 1.06 bits per heavy atom. The van der Waals surface area contributed by atoms with E-state index in [0.717, 1.165) is 10.9 Å². The van der Waals surface area contributed by atoms with Crippen molar-refractivity contribution < 1.29 is 4.43 Å². The molecule has 0 aliphatic carbocycles. The molecule has 0 radical (unpaired) electrons. The summed E-state index contributed by atoms with van der Waals surface area (Å²) in [5.74, 6) is 0. The molecular weight excluding hydrogens is 238 g/mol. The van der Waals surface area contributed by atoms with Gasteiger partial charge in [-0.15, -0.1) is 0 Å². The van der Waals surface area contributed by atoms with Crippen molar-refractivity contribution in [1.82, 2.24) is 0 Å². The molecule has 2 nitrogen and oxygen atoms in total. The lowest BCUT2D eigenvalue weighted by molar-refractivity contribution is 0.255. The molecule has 0 bridgehead atoms. The van der Waals surface area contributed by atoms with Gasteiger partial charge in [0.1, 0.15) is 0 Å². The first kappa shape index (κ1) is 12.8. The predicted octanol–water partition coefficient (Wildman–Crippen LogP) is 4.26. The Hall–Kier alpha value is -1.63. The lowest BCUT2D eigenvalue weighted by Gasteiger charge is -2.22. The summed E-state index contributed by atoms with van der Waals surface area (Å²) in [5, 5.41) is 11.6. The molecule has 3 heteroatoms. The largest absolute Gasteiger partial charge is 0.399 e. The minimum Gasteiger partial charge on any atom is -0.399 e. The van der Waals surface area contributed by atoms with Crippen LogP contribution in [0.1, 0.15) is 11.7 Å². The van der Waals surface area contributed by atoms with Gasteiger partial charge < -0.3 is 4.43 Å². The van der Waals surface area contributed by atoms with E-state index in [9.17, 15) is 5.26 Å². The predicted molar refractivity (Wildman–Crippen MR) is 76.7 cm³/mol. The van der Waals surface area contributed by atoms with Crippen molar-refractivity contribution in [2.24, 2.45) is 0 Å². The van der Waals surface area contributed by atoms with E-state index in [1.165, 1.54) is 5.39 Å². The van der Waals surface area contributed by atoms with Gasteiger partial charge in [-0.05, 0) is 42.0 Å². The summed E-state index contributed by atoms with van der Waals surface area (Å²) >= 11 is 0. The third-order valence-electron chi connectivity index (χ3n) is 2.66. The fourth-order valence-corrected chi connectivity index (χ4v) is 2.79. The van der Waals surface area contributed by atoms with Crippen LogP contribution < -0.4 is 0 Å². The van der Waals surface area contributed by atoms with Gasteiger partial charge in [0.05, 0.1) is 6.07 Å². The molecule has 0 fully saturated rings. The number of hydrogen-bond acceptors (Lipinski definition) is 2. The van der Waals surface area contributed by atoms with Crippen LogP contribution in [0.4, 0.5) is 0 Å². The molecule has 92 valence electrons. The van der Waals surface area contributed by atoms with Crippen molar-refractivity contribution in [3.05, 3.63) is 48.0 Å². The Morgan fingerprint density at radius 2 is 1.72 bits per heavy atom. The summed E-state index contributed by atoms with van der Waals surface area (Å²) in [4.78, 5) is 0. The molecule has 2 aromatic carbocycles. The van der Waals surface area contributed by atoms with E-state index in [0.29, 0.717) is 0 Å². The molecule has 2 rings (SSSR count). The Bertz CT molecular complexity index is 595. The molecule has 0 amide bonds. The van der Waals surface area contributed by atoms with Gasteiger partial charge in [-0.1, -0.05) is 36.4 Å². The molecule has 0 saturated carbocycles. The van der Waals surface area contributed by atoms with E-state index >= 15 is 0 Å². The first-order valence-corrected chi connectivity index (χ1v) is 9.46. The molecule has 0 aliphatic heterocycles. The molecule has 2 aromatic rings. The van der Waals surface area contributed by atoms with Gasteiger partial charge in [-0.25, -0.2) is 0 Å². The number of fused-ring (bicyclic) bond motifs is 1. The van der Waals surface area contributed by atoms with Gasteiger partial charge in [0.15, 0.2) is 14.4 Å². The van der Waals surface area contributed by atoms with E-state index < -0.39 is 14.4 Å². The van der Waals surface area contributed by atoms with Crippen molar-refractivity contribution >= 4 is 19.1 Å². The van der Waals surface area contributed by atoms with Crippen LogP contribution in [0.25, 0.3) is 10.8 Å². The van der Waals surface area contributed by atoms with E-state index in [-0.39, 0.29) is 0 Å². The third-order valence-corrected chi connectivity index (χ3v) is 3.61. The highest BCUT2D eigenvalue weighted by Gasteiger charge is 2.22. The van der Waals surface area contributed by atoms with Gasteiger partial charge in [-0.3, -0.25) is 0 Å². The second kappa shape index (κ2) is 4.93. The SMILES string of the molecule is C[Si](C)(C)OC(C#N)c1ccc2ccccc2c1. The normalized spacial score (nSPS) is 13.2. The summed E-state index contributed by atoms with van der Waals surface area (Å²) in [7, 11) is -1.71. The molecule has 0 aliphatic rings. The zero-order chi connectivity index (χ0) is 13.2. The van der Waals surface area contributed by atoms with Crippen molar-refractivity contribution in [3.63, 3.8) is 0 Å². The van der Waals surface area contributed by atoms with Crippen LogP contribution in [-0.2, 0) is 4.43 Å². The first-order valence-electron chi connectivity index (χ1n) is 6.06. The number of rotatable bonds is 3. The van der Waals surface area contributed by atoms with Crippen LogP contribution >= 0.6 is 0 Å². The summed E-state index contributed by atoms with van der Waals surface area (Å²) in [6, 6.07) is 16.5. The summed E-state index contributed by atoms with van der Waals surface area (Å²) in [6.07, 6.45) is -0.457. The highest BCUT2D eigenvalue weighted by Crippen LogP contribution is 2.25. The van der Waals surface area contributed by atoms with Crippen molar-refractivity contribution in [2.75, 3.05) is 0 Å². The number of nitriles is 1. The minimum atomic E-state index is -1.71. The molecule has 0 heterocycles. The van der Waals surface area contributed by atoms with Crippen molar-refractivity contribution in [3.8, 4) is 6.07 Å². The van der Waals surface area contributed by atoms with Gasteiger partial charge >= 0.3 is 0 Å². The molecule has 0 aromatic heterocycles. The maximum absolute atomic E-state index is 9.26. The van der Waals surface area contributed by atoms with Gasteiger partial charge in [-0.2, -0.15) is 5.26 Å². The van der Waals surface area contributed by atoms with Crippen LogP contribution in [0, 0.1) is 11.3 Å². The molecule has 1 unspecified atom stereocenters. The lowest BCUT2D eigenvalue weighted by Crippen LogP contribution is -2.27. The molecular formula is C15H17NOSi. The Balaban J connectivity index is 2.37. The third kappa shape index (κ3) is 2.98. The van der Waals surface area contributed by atoms with E-state index in [1.807, 2.05) is 30.3 Å². The lowest BCUT2D eigenvalue weighted by atomic mass is 10.0. The van der Waals surface area contributed by atoms with Crippen LogP contribution in [0.15, 0.2) is 42.5 Å². The number of nitrogens with zero attached hydrogens (tertiary/aromatic N) is 1. The Morgan fingerprint density at radius 3 is 2.33 bits per heavy atom. The Labute approximate surface area is 109 Å². The smallest absolute Gasteiger partial charge is 0.186 e. The molecule has 0 N–H and O–H groups in total. The van der Waals surface area contributed by atoms with E-state index in [4.69, 9.17) is 4.43 Å². The van der Waals surface area contributed by atoms with Crippen LogP contribution in [0.5, 0.6) is 0 Å². The fourth-order valence-electron chi connectivity index (χ4n) is 1.89. The summed E-state index contributed by atoms with van der Waals surface area (Å²) in [5.41, 5.74) is 0.943. The summed E-state index contributed by atoms with van der Waals surface area (Å²) < 4.78 is 5.90. The monoisotopic (exact) mass is 255 g/mol. The van der Waals surface area contributed by atoms with Crippen LogP contribution in [-0.4, -0.2) is 8.32 Å². The van der Waals surface area contributed by atoms with Gasteiger partial charge in [0.2, 0.25) is 0 Å². The standard InChI is InChI=1S/C15H17NOSi/c1-18(2,3)17-15(11-16)14-9-8-12-6-4-5-7-13(12)10-14/h4-10,15H,1-3H3. The van der Waals surface area contributed by atoms with Gasteiger partial charge in [0.25, 0.3) is 0 Å². The number of hydrogen-bond donors (Lipinski definition) is 0. The number of benzene rings is 2. The second-order valence-electron chi connectivity index (χ2n) is 5.35. The topological polar surface area (TPSA) is 33.0 Å². The van der Waals surface area contributed by atoms with E-state index in [2.05, 4.69) is 37.8 Å². The maximum Gasteiger partial charge on any atom is 0.186 e. The summed E-state index contributed by atoms with van der Waals surface area (Å²) in [6.45, 7) is 6.29. The quantitative estimate of drug-likeness (QED) is 0.768. The maximum atomic E-state index is 9.26. The van der Waals surface area contributed by atoms with Gasteiger partial charge in [0, 0.05) is 0 Å². The Kier molecular flexibility index (Phi) is 3.51. The zero-order valence-corrected chi connectivity index (χ0v) is 12.0. The van der Waals surface area contributed by atoms with Crippen LogP contribution in [0.3, 0.4) is 0 Å².